The monoisotopic (exact) mass is 410 g/mol. The molecule has 2 aromatic carbocycles. The van der Waals surface area contributed by atoms with Crippen LogP contribution in [0.2, 0.25) is 0 Å². The van der Waals surface area contributed by atoms with Crippen LogP contribution in [0.3, 0.4) is 0 Å². The Bertz CT molecular complexity index is 941. The minimum atomic E-state index is -0.0112. The van der Waals surface area contributed by atoms with Crippen LogP contribution in [0.15, 0.2) is 59.8 Å². The van der Waals surface area contributed by atoms with E-state index in [4.69, 9.17) is 4.74 Å². The van der Waals surface area contributed by atoms with Crippen LogP contribution in [0.1, 0.15) is 25.2 Å². The minimum absolute atomic E-state index is 0.0112. The molecule has 3 rings (SSSR count). The molecule has 0 aliphatic rings. The third-order valence-corrected chi connectivity index (χ3v) is 5.20. The standard InChI is InChI=1S/C22H26N4O2S/c1-16(2)14-23-21(27)15-29-22-25-24-20(13-17-9-5-4-6-10-17)26(22)18-11-7-8-12-19(18)28-3/h4-12,16H,13-15H2,1-3H3,(H,23,27). The maximum atomic E-state index is 12.2. The molecule has 1 amide bonds. The Balaban J connectivity index is 1.89. The first kappa shape index (κ1) is 20.9. The van der Waals surface area contributed by atoms with Gasteiger partial charge in [-0.05, 0) is 23.6 Å². The molecule has 1 heterocycles. The van der Waals surface area contributed by atoms with Gasteiger partial charge in [-0.2, -0.15) is 0 Å². The molecular formula is C22H26N4O2S. The maximum absolute atomic E-state index is 12.2. The molecule has 3 aromatic rings. The number of hydrogen-bond donors (Lipinski definition) is 1. The molecule has 0 saturated carbocycles. The van der Waals surface area contributed by atoms with E-state index in [0.717, 1.165) is 22.8 Å². The average Bonchev–Trinajstić information content (AvgIpc) is 3.13. The van der Waals surface area contributed by atoms with E-state index in [0.29, 0.717) is 24.0 Å². The van der Waals surface area contributed by atoms with E-state index < -0.39 is 0 Å². The number of hydrogen-bond acceptors (Lipinski definition) is 5. The molecule has 1 aromatic heterocycles. The van der Waals surface area contributed by atoms with Crippen molar-refractivity contribution < 1.29 is 9.53 Å². The zero-order valence-corrected chi connectivity index (χ0v) is 17.8. The first-order valence-electron chi connectivity index (χ1n) is 9.59. The summed E-state index contributed by atoms with van der Waals surface area (Å²) >= 11 is 1.37. The number of aromatic nitrogens is 3. The summed E-state index contributed by atoms with van der Waals surface area (Å²) in [5.74, 6) is 2.21. The Labute approximate surface area is 175 Å². The Morgan fingerprint density at radius 2 is 1.83 bits per heavy atom. The largest absolute Gasteiger partial charge is 0.495 e. The van der Waals surface area contributed by atoms with E-state index in [2.05, 4.69) is 41.5 Å². The SMILES string of the molecule is COc1ccccc1-n1c(Cc2ccccc2)nnc1SCC(=O)NCC(C)C. The highest BCUT2D eigenvalue weighted by Crippen LogP contribution is 2.29. The van der Waals surface area contributed by atoms with Gasteiger partial charge in [-0.3, -0.25) is 9.36 Å². The van der Waals surface area contributed by atoms with Gasteiger partial charge in [0.1, 0.15) is 11.6 Å². The first-order valence-corrected chi connectivity index (χ1v) is 10.6. The van der Waals surface area contributed by atoms with Gasteiger partial charge < -0.3 is 10.1 Å². The predicted octanol–water partition coefficient (Wildman–Crippen LogP) is 3.73. The summed E-state index contributed by atoms with van der Waals surface area (Å²) in [5.41, 5.74) is 2.00. The molecule has 152 valence electrons. The molecule has 0 unspecified atom stereocenters. The van der Waals surface area contributed by atoms with Crippen molar-refractivity contribution >= 4 is 17.7 Å². The molecule has 0 saturated heterocycles. The van der Waals surface area contributed by atoms with Crippen molar-refractivity contribution in [2.45, 2.75) is 25.4 Å². The van der Waals surface area contributed by atoms with Crippen LogP contribution in [0.4, 0.5) is 0 Å². The molecule has 7 heteroatoms. The lowest BCUT2D eigenvalue weighted by molar-refractivity contribution is -0.118. The number of methoxy groups -OCH3 is 1. The zero-order valence-electron chi connectivity index (χ0n) is 17.0. The lowest BCUT2D eigenvalue weighted by Crippen LogP contribution is -2.28. The van der Waals surface area contributed by atoms with Crippen LogP contribution in [0, 0.1) is 5.92 Å². The lowest BCUT2D eigenvalue weighted by Gasteiger charge is -2.14. The zero-order chi connectivity index (χ0) is 20.6. The van der Waals surface area contributed by atoms with Gasteiger partial charge in [0, 0.05) is 13.0 Å². The van der Waals surface area contributed by atoms with E-state index in [-0.39, 0.29) is 11.7 Å². The smallest absolute Gasteiger partial charge is 0.230 e. The second-order valence-electron chi connectivity index (χ2n) is 7.06. The summed E-state index contributed by atoms with van der Waals surface area (Å²) in [6.45, 7) is 4.81. The van der Waals surface area contributed by atoms with Gasteiger partial charge in [0.25, 0.3) is 0 Å². The third-order valence-electron chi connectivity index (χ3n) is 4.27. The molecule has 0 bridgehead atoms. The Morgan fingerprint density at radius 1 is 1.10 bits per heavy atom. The Kier molecular flexibility index (Phi) is 7.30. The van der Waals surface area contributed by atoms with Gasteiger partial charge in [0.05, 0.1) is 18.6 Å². The van der Waals surface area contributed by atoms with Crippen molar-refractivity contribution in [3.63, 3.8) is 0 Å². The fourth-order valence-corrected chi connectivity index (χ4v) is 3.64. The topological polar surface area (TPSA) is 69.0 Å². The number of benzene rings is 2. The molecule has 0 fully saturated rings. The maximum Gasteiger partial charge on any atom is 0.230 e. The van der Waals surface area contributed by atoms with E-state index in [9.17, 15) is 4.79 Å². The number of nitrogens with one attached hydrogen (secondary N) is 1. The van der Waals surface area contributed by atoms with Crippen molar-refractivity contribution in [1.29, 1.82) is 0 Å². The van der Waals surface area contributed by atoms with Gasteiger partial charge >= 0.3 is 0 Å². The van der Waals surface area contributed by atoms with E-state index in [1.165, 1.54) is 11.8 Å². The van der Waals surface area contributed by atoms with Gasteiger partial charge in [-0.25, -0.2) is 0 Å². The molecule has 0 atom stereocenters. The summed E-state index contributed by atoms with van der Waals surface area (Å²) in [6, 6.07) is 17.9. The molecule has 29 heavy (non-hydrogen) atoms. The fourth-order valence-electron chi connectivity index (χ4n) is 2.84. The van der Waals surface area contributed by atoms with Crippen molar-refractivity contribution in [2.75, 3.05) is 19.4 Å². The van der Waals surface area contributed by atoms with Crippen LogP contribution >= 0.6 is 11.8 Å². The molecule has 0 spiro atoms. The van der Waals surface area contributed by atoms with Gasteiger partial charge in [0.2, 0.25) is 5.91 Å². The second-order valence-corrected chi connectivity index (χ2v) is 8.00. The van der Waals surface area contributed by atoms with Gasteiger partial charge in [-0.1, -0.05) is 68.1 Å². The Hall–Kier alpha value is -2.80. The number of ether oxygens (including phenoxy) is 1. The number of thioether (sulfide) groups is 1. The fraction of sp³-hybridized carbons (Fsp3) is 0.318. The number of para-hydroxylation sites is 2. The van der Waals surface area contributed by atoms with Crippen LogP contribution in [-0.2, 0) is 11.2 Å². The summed E-state index contributed by atoms with van der Waals surface area (Å²) in [4.78, 5) is 12.2. The lowest BCUT2D eigenvalue weighted by atomic mass is 10.1. The molecule has 0 aliphatic heterocycles. The van der Waals surface area contributed by atoms with Gasteiger partial charge in [0.15, 0.2) is 5.16 Å². The second kappa shape index (κ2) is 10.1. The van der Waals surface area contributed by atoms with Gasteiger partial charge in [-0.15, -0.1) is 10.2 Å². The first-order chi connectivity index (χ1) is 14.1. The summed E-state index contributed by atoms with van der Waals surface area (Å²) in [7, 11) is 1.65. The normalized spacial score (nSPS) is 10.9. The average molecular weight is 411 g/mol. The van der Waals surface area contributed by atoms with Crippen molar-refractivity contribution in [2.24, 2.45) is 5.92 Å². The molecule has 6 nitrogen and oxygen atoms in total. The Morgan fingerprint density at radius 3 is 2.55 bits per heavy atom. The number of rotatable bonds is 9. The molecule has 1 N–H and O–H groups in total. The molecular weight excluding hydrogens is 384 g/mol. The third kappa shape index (κ3) is 5.60. The van der Waals surface area contributed by atoms with E-state index in [1.807, 2.05) is 47.0 Å². The molecule has 0 aliphatic carbocycles. The van der Waals surface area contributed by atoms with E-state index in [1.54, 1.807) is 7.11 Å². The minimum Gasteiger partial charge on any atom is -0.495 e. The van der Waals surface area contributed by atoms with Crippen molar-refractivity contribution in [3.8, 4) is 11.4 Å². The van der Waals surface area contributed by atoms with Crippen LogP contribution in [0.25, 0.3) is 5.69 Å². The number of carbonyl (C=O) groups is 1. The van der Waals surface area contributed by atoms with Crippen molar-refractivity contribution in [1.82, 2.24) is 20.1 Å². The number of nitrogens with zero attached hydrogens (tertiary/aromatic N) is 3. The predicted molar refractivity (Wildman–Crippen MR) is 116 cm³/mol. The highest BCUT2D eigenvalue weighted by Gasteiger charge is 2.18. The van der Waals surface area contributed by atoms with Crippen molar-refractivity contribution in [3.05, 3.63) is 66.0 Å². The highest BCUT2D eigenvalue weighted by atomic mass is 32.2. The number of amides is 1. The van der Waals surface area contributed by atoms with E-state index >= 15 is 0 Å². The number of carbonyl (C=O) groups excluding carboxylic acids is 1. The summed E-state index contributed by atoms with van der Waals surface area (Å²) in [5, 5.41) is 12.4. The summed E-state index contributed by atoms with van der Waals surface area (Å²) < 4.78 is 7.53. The quantitative estimate of drug-likeness (QED) is 0.545. The van der Waals surface area contributed by atoms with Crippen LogP contribution < -0.4 is 10.1 Å². The van der Waals surface area contributed by atoms with Crippen LogP contribution in [0.5, 0.6) is 5.75 Å². The highest BCUT2D eigenvalue weighted by molar-refractivity contribution is 7.99. The summed E-state index contributed by atoms with van der Waals surface area (Å²) in [6.07, 6.45) is 0.631. The molecule has 0 radical (unpaired) electrons. The van der Waals surface area contributed by atoms with Crippen LogP contribution in [-0.4, -0.2) is 40.1 Å².